The SMILES string of the molecule is CN=C(NCc1ccnc(OCC2CC2)c1)NCC1(CCOC)CCC1. The Morgan fingerprint density at radius 1 is 1.35 bits per heavy atom. The average Bonchev–Trinajstić information content (AvgIpc) is 3.46. The molecular formula is C20H32N4O2. The highest BCUT2D eigenvalue weighted by molar-refractivity contribution is 5.79. The van der Waals surface area contributed by atoms with Gasteiger partial charge in [-0.3, -0.25) is 4.99 Å². The van der Waals surface area contributed by atoms with Crippen LogP contribution < -0.4 is 15.4 Å². The number of hydrogen-bond donors (Lipinski definition) is 2. The molecule has 0 spiro atoms. The van der Waals surface area contributed by atoms with Gasteiger partial charge >= 0.3 is 0 Å². The average molecular weight is 361 g/mol. The summed E-state index contributed by atoms with van der Waals surface area (Å²) in [6.45, 7) is 3.26. The smallest absolute Gasteiger partial charge is 0.213 e. The van der Waals surface area contributed by atoms with Gasteiger partial charge in [0.15, 0.2) is 5.96 Å². The Morgan fingerprint density at radius 2 is 2.19 bits per heavy atom. The molecule has 0 amide bonds. The minimum Gasteiger partial charge on any atom is -0.477 e. The molecule has 1 heterocycles. The van der Waals surface area contributed by atoms with E-state index in [0.29, 0.717) is 17.8 Å². The van der Waals surface area contributed by atoms with Crippen molar-refractivity contribution in [2.75, 3.05) is 33.9 Å². The number of rotatable bonds is 10. The van der Waals surface area contributed by atoms with E-state index in [4.69, 9.17) is 9.47 Å². The van der Waals surface area contributed by atoms with Gasteiger partial charge in [-0.05, 0) is 55.1 Å². The summed E-state index contributed by atoms with van der Waals surface area (Å²) < 4.78 is 11.0. The van der Waals surface area contributed by atoms with Crippen molar-refractivity contribution in [2.45, 2.75) is 45.1 Å². The van der Waals surface area contributed by atoms with Crippen molar-refractivity contribution in [3.8, 4) is 5.88 Å². The Labute approximate surface area is 156 Å². The fourth-order valence-electron chi connectivity index (χ4n) is 3.32. The maximum absolute atomic E-state index is 5.76. The lowest BCUT2D eigenvalue weighted by Gasteiger charge is -2.42. The van der Waals surface area contributed by atoms with E-state index in [-0.39, 0.29) is 0 Å². The van der Waals surface area contributed by atoms with Crippen LogP contribution in [-0.4, -0.2) is 44.9 Å². The van der Waals surface area contributed by atoms with Crippen LogP contribution in [0.2, 0.25) is 0 Å². The molecule has 0 saturated heterocycles. The maximum atomic E-state index is 5.76. The van der Waals surface area contributed by atoms with Crippen LogP contribution in [-0.2, 0) is 11.3 Å². The predicted octanol–water partition coefficient (Wildman–Crippen LogP) is 2.74. The maximum Gasteiger partial charge on any atom is 0.213 e. The molecule has 2 aliphatic rings. The Hall–Kier alpha value is -1.82. The van der Waals surface area contributed by atoms with Crippen molar-refractivity contribution in [2.24, 2.45) is 16.3 Å². The summed E-state index contributed by atoms with van der Waals surface area (Å²) in [4.78, 5) is 8.65. The number of hydrogen-bond acceptors (Lipinski definition) is 4. The molecule has 6 nitrogen and oxygen atoms in total. The molecule has 6 heteroatoms. The molecule has 0 aliphatic heterocycles. The zero-order chi connectivity index (χ0) is 18.2. The van der Waals surface area contributed by atoms with Crippen molar-refractivity contribution >= 4 is 5.96 Å². The number of methoxy groups -OCH3 is 1. The Bertz CT molecular complexity index is 597. The van der Waals surface area contributed by atoms with Gasteiger partial charge in [0.2, 0.25) is 5.88 Å². The van der Waals surface area contributed by atoms with Gasteiger partial charge in [0.1, 0.15) is 0 Å². The molecule has 2 aliphatic carbocycles. The molecule has 0 bridgehead atoms. The molecule has 0 radical (unpaired) electrons. The van der Waals surface area contributed by atoms with E-state index in [9.17, 15) is 0 Å². The minimum absolute atomic E-state index is 0.369. The highest BCUT2D eigenvalue weighted by Crippen LogP contribution is 2.43. The van der Waals surface area contributed by atoms with E-state index in [1.165, 1.54) is 32.1 Å². The molecule has 26 heavy (non-hydrogen) atoms. The number of ether oxygens (including phenoxy) is 2. The summed E-state index contributed by atoms with van der Waals surface area (Å²) in [6, 6.07) is 4.02. The van der Waals surface area contributed by atoms with Crippen LogP contribution in [0.5, 0.6) is 5.88 Å². The van der Waals surface area contributed by atoms with Crippen LogP contribution in [0, 0.1) is 11.3 Å². The van der Waals surface area contributed by atoms with E-state index < -0.39 is 0 Å². The highest BCUT2D eigenvalue weighted by Gasteiger charge is 2.36. The third-order valence-electron chi connectivity index (χ3n) is 5.53. The zero-order valence-electron chi connectivity index (χ0n) is 16.1. The molecule has 3 rings (SSSR count). The van der Waals surface area contributed by atoms with Gasteiger partial charge < -0.3 is 20.1 Å². The Morgan fingerprint density at radius 3 is 2.85 bits per heavy atom. The lowest BCUT2D eigenvalue weighted by Crippen LogP contribution is -2.46. The lowest BCUT2D eigenvalue weighted by molar-refractivity contribution is 0.0732. The van der Waals surface area contributed by atoms with Gasteiger partial charge in [0.05, 0.1) is 6.61 Å². The van der Waals surface area contributed by atoms with E-state index in [0.717, 1.165) is 43.6 Å². The summed E-state index contributed by atoms with van der Waals surface area (Å²) >= 11 is 0. The van der Waals surface area contributed by atoms with Crippen LogP contribution >= 0.6 is 0 Å². The van der Waals surface area contributed by atoms with Crippen molar-refractivity contribution < 1.29 is 9.47 Å². The van der Waals surface area contributed by atoms with Crippen molar-refractivity contribution in [1.29, 1.82) is 0 Å². The van der Waals surface area contributed by atoms with Crippen molar-refractivity contribution in [3.05, 3.63) is 23.9 Å². The molecule has 1 aromatic rings. The van der Waals surface area contributed by atoms with Gasteiger partial charge in [-0.25, -0.2) is 4.98 Å². The summed E-state index contributed by atoms with van der Waals surface area (Å²) in [5.74, 6) is 2.29. The first-order valence-electron chi connectivity index (χ1n) is 9.74. The molecule has 144 valence electrons. The number of nitrogens with zero attached hydrogens (tertiary/aromatic N) is 2. The van der Waals surface area contributed by atoms with Gasteiger partial charge in [0.25, 0.3) is 0 Å². The van der Waals surface area contributed by atoms with E-state index in [2.05, 4.69) is 20.6 Å². The normalized spacial score (nSPS) is 18.9. The quantitative estimate of drug-likeness (QED) is 0.496. The third kappa shape index (κ3) is 5.59. The second-order valence-corrected chi connectivity index (χ2v) is 7.63. The summed E-state index contributed by atoms with van der Waals surface area (Å²) in [5.41, 5.74) is 1.51. The molecule has 1 aromatic heterocycles. The fourth-order valence-corrected chi connectivity index (χ4v) is 3.32. The predicted molar refractivity (Wildman–Crippen MR) is 103 cm³/mol. The van der Waals surface area contributed by atoms with Gasteiger partial charge in [-0.2, -0.15) is 0 Å². The van der Waals surface area contributed by atoms with Gasteiger partial charge in [-0.1, -0.05) is 6.42 Å². The van der Waals surface area contributed by atoms with E-state index >= 15 is 0 Å². The van der Waals surface area contributed by atoms with Crippen LogP contribution in [0.3, 0.4) is 0 Å². The Balaban J connectivity index is 1.44. The number of nitrogens with one attached hydrogen (secondary N) is 2. The lowest BCUT2D eigenvalue weighted by atomic mass is 9.67. The summed E-state index contributed by atoms with van der Waals surface area (Å²) in [5, 5.41) is 6.88. The van der Waals surface area contributed by atoms with E-state index in [1.807, 2.05) is 25.4 Å². The number of aliphatic imine (C=N–C) groups is 1. The molecule has 0 unspecified atom stereocenters. The highest BCUT2D eigenvalue weighted by atomic mass is 16.5. The first-order chi connectivity index (χ1) is 12.7. The van der Waals surface area contributed by atoms with Crippen molar-refractivity contribution in [1.82, 2.24) is 15.6 Å². The number of guanidine groups is 1. The third-order valence-corrected chi connectivity index (χ3v) is 5.53. The Kier molecular flexibility index (Phi) is 6.72. The van der Waals surface area contributed by atoms with Crippen LogP contribution in [0.1, 0.15) is 44.1 Å². The first-order valence-corrected chi connectivity index (χ1v) is 9.74. The van der Waals surface area contributed by atoms with Crippen LogP contribution in [0.4, 0.5) is 0 Å². The fraction of sp³-hybridized carbons (Fsp3) is 0.700. The molecule has 0 aromatic carbocycles. The standard InChI is InChI=1S/C20H32N4O2/c1-21-19(24-15-20(7-3-8-20)9-11-25-2)23-13-17-6-10-22-18(12-17)26-14-16-4-5-16/h6,10,12,16H,3-5,7-9,11,13-15H2,1-2H3,(H2,21,23,24). The van der Waals surface area contributed by atoms with Crippen LogP contribution in [0.15, 0.2) is 23.3 Å². The largest absolute Gasteiger partial charge is 0.477 e. The topological polar surface area (TPSA) is 67.8 Å². The molecule has 2 saturated carbocycles. The second-order valence-electron chi connectivity index (χ2n) is 7.63. The molecule has 2 fully saturated rings. The summed E-state index contributed by atoms with van der Waals surface area (Å²) in [7, 11) is 3.59. The second kappa shape index (κ2) is 9.21. The van der Waals surface area contributed by atoms with Gasteiger partial charge in [-0.15, -0.1) is 0 Å². The number of aromatic nitrogens is 1. The van der Waals surface area contributed by atoms with Crippen LogP contribution in [0.25, 0.3) is 0 Å². The molecular weight excluding hydrogens is 328 g/mol. The van der Waals surface area contributed by atoms with Gasteiger partial charge in [0, 0.05) is 46.1 Å². The minimum atomic E-state index is 0.369. The first kappa shape index (κ1) is 19.0. The van der Waals surface area contributed by atoms with Crippen molar-refractivity contribution in [3.63, 3.8) is 0 Å². The summed E-state index contributed by atoms with van der Waals surface area (Å²) in [6.07, 6.45) is 9.35. The zero-order valence-corrected chi connectivity index (χ0v) is 16.1. The monoisotopic (exact) mass is 360 g/mol. The molecule has 2 N–H and O–H groups in total. The molecule has 0 atom stereocenters. The van der Waals surface area contributed by atoms with E-state index in [1.54, 1.807) is 7.11 Å². The number of pyridine rings is 1.